The number of rotatable bonds is 9. The summed E-state index contributed by atoms with van der Waals surface area (Å²) < 4.78 is 25.5. The molecule has 1 amide bonds. The zero-order valence-corrected chi connectivity index (χ0v) is 15.3. The maximum Gasteiger partial charge on any atom is 0.240 e. The molecule has 0 aliphatic carbocycles. The van der Waals surface area contributed by atoms with E-state index in [1.165, 1.54) is 4.31 Å². The lowest BCUT2D eigenvalue weighted by Crippen LogP contribution is -2.41. The Labute approximate surface area is 140 Å². The van der Waals surface area contributed by atoms with Crippen molar-refractivity contribution in [3.8, 4) is 0 Å². The van der Waals surface area contributed by atoms with Gasteiger partial charge in [-0.05, 0) is 24.0 Å². The molecule has 0 aliphatic rings. The van der Waals surface area contributed by atoms with Gasteiger partial charge in [0.05, 0.1) is 11.9 Å². The number of carbonyl (C=O) groups is 1. The molecule has 0 bridgehead atoms. The van der Waals surface area contributed by atoms with E-state index >= 15 is 0 Å². The highest BCUT2D eigenvalue weighted by molar-refractivity contribution is 7.92. The van der Waals surface area contributed by atoms with E-state index in [2.05, 4.69) is 12.2 Å². The number of nitrogens with zero attached hydrogens (tertiary/aromatic N) is 1. The summed E-state index contributed by atoms with van der Waals surface area (Å²) in [6.45, 7) is 6.50. The van der Waals surface area contributed by atoms with Crippen LogP contribution < -0.4 is 9.62 Å². The van der Waals surface area contributed by atoms with Crippen molar-refractivity contribution in [3.63, 3.8) is 0 Å². The lowest BCUT2D eigenvalue weighted by Gasteiger charge is -2.25. The van der Waals surface area contributed by atoms with Gasteiger partial charge in [-0.3, -0.25) is 9.10 Å². The van der Waals surface area contributed by atoms with E-state index in [0.29, 0.717) is 12.2 Å². The second-order valence-corrected chi connectivity index (χ2v) is 7.95. The molecule has 23 heavy (non-hydrogen) atoms. The minimum Gasteiger partial charge on any atom is -0.355 e. The predicted molar refractivity (Wildman–Crippen MR) is 95.3 cm³/mol. The third-order valence-electron chi connectivity index (χ3n) is 3.62. The van der Waals surface area contributed by atoms with Gasteiger partial charge < -0.3 is 5.32 Å². The molecule has 1 aromatic carbocycles. The predicted octanol–water partition coefficient (Wildman–Crippen LogP) is 2.88. The molecular weight excluding hydrogens is 312 g/mol. The minimum atomic E-state index is -3.53. The Morgan fingerprint density at radius 1 is 1.22 bits per heavy atom. The van der Waals surface area contributed by atoms with E-state index in [-0.39, 0.29) is 18.4 Å². The summed E-state index contributed by atoms with van der Waals surface area (Å²) in [5, 5.41) is 2.79. The molecule has 0 atom stereocenters. The molecule has 0 heterocycles. The number of sulfonamides is 1. The lowest BCUT2D eigenvalue weighted by molar-refractivity contribution is -0.119. The monoisotopic (exact) mass is 340 g/mol. The van der Waals surface area contributed by atoms with Crippen LogP contribution in [0.5, 0.6) is 0 Å². The Bertz CT molecular complexity index is 612. The number of hydrogen-bond donors (Lipinski definition) is 1. The fourth-order valence-electron chi connectivity index (χ4n) is 2.37. The molecule has 0 spiro atoms. The van der Waals surface area contributed by atoms with Crippen molar-refractivity contribution >= 4 is 21.6 Å². The van der Waals surface area contributed by atoms with E-state index in [1.54, 1.807) is 12.1 Å². The summed E-state index contributed by atoms with van der Waals surface area (Å²) in [4.78, 5) is 12.1. The van der Waals surface area contributed by atoms with E-state index in [9.17, 15) is 13.2 Å². The van der Waals surface area contributed by atoms with Crippen LogP contribution in [0.15, 0.2) is 24.3 Å². The van der Waals surface area contributed by atoms with Crippen molar-refractivity contribution in [2.45, 2.75) is 46.0 Å². The number of para-hydroxylation sites is 1. The number of carbonyl (C=O) groups excluding carboxylic acids is 1. The Balaban J connectivity index is 2.93. The van der Waals surface area contributed by atoms with E-state index in [0.717, 1.165) is 31.1 Å². The van der Waals surface area contributed by atoms with E-state index < -0.39 is 10.0 Å². The van der Waals surface area contributed by atoms with Crippen molar-refractivity contribution in [2.24, 2.45) is 0 Å². The van der Waals surface area contributed by atoms with Crippen LogP contribution in [0.1, 0.15) is 51.5 Å². The fraction of sp³-hybridized carbons (Fsp3) is 0.588. The topological polar surface area (TPSA) is 66.5 Å². The average molecular weight is 340 g/mol. The standard InChI is InChI=1S/C17H28N2O3S/c1-5-6-9-12-18-17(20)13-19(23(4,21)22)16-11-8-7-10-15(16)14(2)3/h7-8,10-11,14H,5-6,9,12-13H2,1-4H3,(H,18,20). The van der Waals surface area contributed by atoms with Crippen molar-refractivity contribution in [1.29, 1.82) is 0 Å². The van der Waals surface area contributed by atoms with Crippen LogP contribution >= 0.6 is 0 Å². The first-order chi connectivity index (χ1) is 10.8. The summed E-state index contributed by atoms with van der Waals surface area (Å²) in [5.41, 5.74) is 1.49. The smallest absolute Gasteiger partial charge is 0.240 e. The average Bonchev–Trinajstić information content (AvgIpc) is 2.48. The van der Waals surface area contributed by atoms with Crippen molar-refractivity contribution in [3.05, 3.63) is 29.8 Å². The van der Waals surface area contributed by atoms with Gasteiger partial charge in [-0.2, -0.15) is 0 Å². The molecular formula is C17H28N2O3S. The maximum absolute atomic E-state index is 12.2. The molecule has 1 rings (SSSR count). The molecule has 0 saturated carbocycles. The Kier molecular flexibility index (Phi) is 7.55. The van der Waals surface area contributed by atoms with Gasteiger partial charge in [0.2, 0.25) is 15.9 Å². The number of anilines is 1. The van der Waals surface area contributed by atoms with Crippen LogP contribution in [0, 0.1) is 0 Å². The summed E-state index contributed by atoms with van der Waals surface area (Å²) in [6, 6.07) is 7.32. The normalized spacial score (nSPS) is 11.5. The molecule has 1 aromatic rings. The molecule has 0 unspecified atom stereocenters. The van der Waals surface area contributed by atoms with E-state index in [4.69, 9.17) is 0 Å². The molecule has 0 aromatic heterocycles. The first-order valence-corrected chi connectivity index (χ1v) is 9.95. The first kappa shape index (κ1) is 19.5. The third-order valence-corrected chi connectivity index (χ3v) is 4.74. The van der Waals surface area contributed by atoms with Crippen LogP contribution in [0.3, 0.4) is 0 Å². The fourth-order valence-corrected chi connectivity index (χ4v) is 3.25. The summed E-state index contributed by atoms with van der Waals surface area (Å²) in [6.07, 6.45) is 4.16. The molecule has 5 nitrogen and oxygen atoms in total. The summed E-state index contributed by atoms with van der Waals surface area (Å²) in [7, 11) is -3.53. The molecule has 0 radical (unpaired) electrons. The Hall–Kier alpha value is -1.56. The van der Waals surface area contributed by atoms with Gasteiger partial charge in [0.15, 0.2) is 0 Å². The van der Waals surface area contributed by atoms with Crippen LogP contribution in [-0.2, 0) is 14.8 Å². The molecule has 0 fully saturated rings. The van der Waals surface area contributed by atoms with Crippen molar-refractivity contribution < 1.29 is 13.2 Å². The highest BCUT2D eigenvalue weighted by Gasteiger charge is 2.23. The summed E-state index contributed by atoms with van der Waals surface area (Å²) in [5.74, 6) is -0.104. The zero-order valence-electron chi connectivity index (χ0n) is 14.5. The third kappa shape index (κ3) is 6.22. The first-order valence-electron chi connectivity index (χ1n) is 8.10. The van der Waals surface area contributed by atoms with Crippen LogP contribution in [0.4, 0.5) is 5.69 Å². The quantitative estimate of drug-likeness (QED) is 0.703. The van der Waals surface area contributed by atoms with Gasteiger partial charge in [0, 0.05) is 6.54 Å². The number of hydrogen-bond acceptors (Lipinski definition) is 3. The van der Waals surface area contributed by atoms with Gasteiger partial charge >= 0.3 is 0 Å². The number of nitrogens with one attached hydrogen (secondary N) is 1. The van der Waals surface area contributed by atoms with Gasteiger partial charge in [-0.25, -0.2) is 8.42 Å². The van der Waals surface area contributed by atoms with Gasteiger partial charge in [-0.15, -0.1) is 0 Å². The largest absolute Gasteiger partial charge is 0.355 e. The van der Waals surface area contributed by atoms with Crippen molar-refractivity contribution in [2.75, 3.05) is 23.7 Å². The van der Waals surface area contributed by atoms with Crippen LogP contribution in [0.2, 0.25) is 0 Å². The van der Waals surface area contributed by atoms with Gasteiger partial charge in [-0.1, -0.05) is 51.8 Å². The molecule has 1 N–H and O–H groups in total. The van der Waals surface area contributed by atoms with E-state index in [1.807, 2.05) is 26.0 Å². The van der Waals surface area contributed by atoms with Crippen LogP contribution in [0.25, 0.3) is 0 Å². The number of amides is 1. The lowest BCUT2D eigenvalue weighted by atomic mass is 10.0. The summed E-state index contributed by atoms with van der Waals surface area (Å²) >= 11 is 0. The number of benzene rings is 1. The highest BCUT2D eigenvalue weighted by atomic mass is 32.2. The molecule has 130 valence electrons. The van der Waals surface area contributed by atoms with Crippen molar-refractivity contribution in [1.82, 2.24) is 5.32 Å². The Morgan fingerprint density at radius 2 is 1.87 bits per heavy atom. The number of unbranched alkanes of at least 4 members (excludes halogenated alkanes) is 2. The SMILES string of the molecule is CCCCCNC(=O)CN(c1ccccc1C(C)C)S(C)(=O)=O. The van der Waals surface area contributed by atoms with Crippen LogP contribution in [-0.4, -0.2) is 33.7 Å². The van der Waals surface area contributed by atoms with Gasteiger partial charge in [0.1, 0.15) is 6.54 Å². The highest BCUT2D eigenvalue weighted by Crippen LogP contribution is 2.28. The second kappa shape index (κ2) is 8.91. The molecule has 0 saturated heterocycles. The molecule has 0 aliphatic heterocycles. The minimum absolute atomic E-state index is 0.170. The maximum atomic E-state index is 12.2. The Morgan fingerprint density at radius 3 is 2.43 bits per heavy atom. The zero-order chi connectivity index (χ0) is 17.5. The molecule has 6 heteroatoms. The van der Waals surface area contributed by atoms with Gasteiger partial charge in [0.25, 0.3) is 0 Å². The second-order valence-electron chi connectivity index (χ2n) is 6.04.